The van der Waals surface area contributed by atoms with E-state index in [0.29, 0.717) is 0 Å². The predicted octanol–water partition coefficient (Wildman–Crippen LogP) is 4.07. The quantitative estimate of drug-likeness (QED) is 0.622. The van der Waals surface area contributed by atoms with Gasteiger partial charge in [0, 0.05) is 25.5 Å². The van der Waals surface area contributed by atoms with Crippen molar-refractivity contribution < 1.29 is 0 Å². The van der Waals surface area contributed by atoms with Crippen molar-refractivity contribution in [2.45, 2.75) is 65.3 Å². The number of anilines is 1. The lowest BCUT2D eigenvalue weighted by atomic mass is 10.1. The number of rotatable bonds is 10. The first kappa shape index (κ1) is 14.1. The second kappa shape index (κ2) is 9.08. The summed E-state index contributed by atoms with van der Waals surface area (Å²) < 4.78 is 2.23. The van der Waals surface area contributed by atoms with E-state index in [1.165, 1.54) is 38.5 Å². The van der Waals surface area contributed by atoms with Crippen LogP contribution in [0.2, 0.25) is 0 Å². The van der Waals surface area contributed by atoms with E-state index in [1.54, 1.807) is 0 Å². The number of hydrogen-bond donors (Lipinski definition) is 1. The predicted molar refractivity (Wildman–Crippen MR) is 74.4 cm³/mol. The van der Waals surface area contributed by atoms with Crippen molar-refractivity contribution in [1.29, 1.82) is 0 Å². The third-order valence-corrected chi connectivity index (χ3v) is 3.00. The van der Waals surface area contributed by atoms with Crippen molar-refractivity contribution in [1.82, 2.24) is 9.55 Å². The molecule has 1 aromatic rings. The summed E-state index contributed by atoms with van der Waals surface area (Å²) in [4.78, 5) is 4.33. The third-order valence-electron chi connectivity index (χ3n) is 3.00. The molecule has 0 saturated carbocycles. The van der Waals surface area contributed by atoms with Gasteiger partial charge < -0.3 is 9.88 Å². The fourth-order valence-corrected chi connectivity index (χ4v) is 1.96. The van der Waals surface area contributed by atoms with E-state index in [0.717, 1.165) is 25.5 Å². The zero-order valence-electron chi connectivity index (χ0n) is 11.4. The van der Waals surface area contributed by atoms with E-state index in [9.17, 15) is 0 Å². The Morgan fingerprint density at radius 1 is 1.06 bits per heavy atom. The van der Waals surface area contributed by atoms with Crippen LogP contribution >= 0.6 is 0 Å². The summed E-state index contributed by atoms with van der Waals surface area (Å²) in [5.41, 5.74) is 0. The molecule has 0 bridgehead atoms. The Balaban J connectivity index is 2.15. The lowest BCUT2D eigenvalue weighted by Crippen LogP contribution is -2.08. The number of nitrogens with zero attached hydrogens (tertiary/aromatic N) is 2. The van der Waals surface area contributed by atoms with Crippen LogP contribution in [0.5, 0.6) is 0 Å². The number of hydrogen-bond acceptors (Lipinski definition) is 2. The van der Waals surface area contributed by atoms with Crippen LogP contribution in [0, 0.1) is 0 Å². The topological polar surface area (TPSA) is 29.9 Å². The van der Waals surface area contributed by atoms with Crippen LogP contribution in [0.25, 0.3) is 0 Å². The third kappa shape index (κ3) is 5.76. The molecular formula is C14H27N3. The number of nitrogens with one attached hydrogen (secondary N) is 1. The standard InChI is InChI=1S/C14H27N3/c1-3-5-6-7-8-9-12-17-13-11-16-14(17)15-10-4-2/h11,13H,3-10,12H2,1-2H3,(H,15,16). The normalized spacial score (nSPS) is 10.7. The molecule has 0 aliphatic carbocycles. The highest BCUT2D eigenvalue weighted by Gasteiger charge is 2.00. The Kier molecular flexibility index (Phi) is 7.52. The van der Waals surface area contributed by atoms with Gasteiger partial charge in [-0.1, -0.05) is 46.0 Å². The van der Waals surface area contributed by atoms with Crippen molar-refractivity contribution in [3.05, 3.63) is 12.4 Å². The zero-order chi connectivity index (χ0) is 12.3. The molecule has 0 spiro atoms. The minimum absolute atomic E-state index is 1.01. The van der Waals surface area contributed by atoms with E-state index >= 15 is 0 Å². The number of imidazole rings is 1. The summed E-state index contributed by atoms with van der Waals surface area (Å²) in [7, 11) is 0. The Morgan fingerprint density at radius 3 is 2.59 bits per heavy atom. The summed E-state index contributed by atoms with van der Waals surface area (Å²) in [6, 6.07) is 0. The second-order valence-corrected chi connectivity index (χ2v) is 4.64. The van der Waals surface area contributed by atoms with E-state index in [1.807, 2.05) is 6.20 Å². The minimum atomic E-state index is 1.01. The molecule has 0 unspecified atom stereocenters. The summed E-state index contributed by atoms with van der Waals surface area (Å²) >= 11 is 0. The summed E-state index contributed by atoms with van der Waals surface area (Å²) in [5, 5.41) is 3.36. The van der Waals surface area contributed by atoms with Gasteiger partial charge >= 0.3 is 0 Å². The summed E-state index contributed by atoms with van der Waals surface area (Å²) in [5.74, 6) is 1.03. The van der Waals surface area contributed by atoms with Gasteiger partial charge in [-0.25, -0.2) is 4.98 Å². The molecule has 3 nitrogen and oxygen atoms in total. The molecule has 1 rings (SSSR count). The van der Waals surface area contributed by atoms with E-state index < -0.39 is 0 Å². The molecule has 1 heterocycles. The zero-order valence-corrected chi connectivity index (χ0v) is 11.4. The highest BCUT2D eigenvalue weighted by molar-refractivity contribution is 5.25. The van der Waals surface area contributed by atoms with Gasteiger partial charge in [-0.3, -0.25) is 0 Å². The first-order chi connectivity index (χ1) is 8.38. The van der Waals surface area contributed by atoms with E-state index in [2.05, 4.69) is 34.9 Å². The molecular weight excluding hydrogens is 210 g/mol. The first-order valence-electron chi connectivity index (χ1n) is 7.13. The fourth-order valence-electron chi connectivity index (χ4n) is 1.96. The highest BCUT2D eigenvalue weighted by Crippen LogP contribution is 2.09. The minimum Gasteiger partial charge on any atom is -0.356 e. The van der Waals surface area contributed by atoms with Crippen molar-refractivity contribution >= 4 is 5.95 Å². The van der Waals surface area contributed by atoms with Crippen LogP contribution in [0.15, 0.2) is 12.4 Å². The van der Waals surface area contributed by atoms with Gasteiger partial charge in [0.1, 0.15) is 0 Å². The van der Waals surface area contributed by atoms with E-state index in [4.69, 9.17) is 0 Å². The summed E-state index contributed by atoms with van der Waals surface area (Å²) in [6.45, 7) is 6.54. The molecule has 0 aliphatic rings. The Bertz CT molecular complexity index is 281. The van der Waals surface area contributed by atoms with Crippen molar-refractivity contribution in [2.24, 2.45) is 0 Å². The average molecular weight is 237 g/mol. The largest absolute Gasteiger partial charge is 0.356 e. The van der Waals surface area contributed by atoms with Gasteiger partial charge in [0.25, 0.3) is 0 Å². The van der Waals surface area contributed by atoms with Crippen LogP contribution in [0.1, 0.15) is 58.8 Å². The smallest absolute Gasteiger partial charge is 0.202 e. The Morgan fingerprint density at radius 2 is 1.82 bits per heavy atom. The maximum Gasteiger partial charge on any atom is 0.202 e. The summed E-state index contributed by atoms with van der Waals surface area (Å²) in [6.07, 6.45) is 13.2. The first-order valence-corrected chi connectivity index (χ1v) is 7.13. The fraction of sp³-hybridized carbons (Fsp3) is 0.786. The number of aryl methyl sites for hydroxylation is 1. The van der Waals surface area contributed by atoms with Crippen LogP contribution in [-0.2, 0) is 6.54 Å². The van der Waals surface area contributed by atoms with Crippen molar-refractivity contribution in [3.63, 3.8) is 0 Å². The molecule has 3 heteroatoms. The van der Waals surface area contributed by atoms with Crippen molar-refractivity contribution in [3.8, 4) is 0 Å². The molecule has 1 N–H and O–H groups in total. The van der Waals surface area contributed by atoms with Crippen LogP contribution in [0.4, 0.5) is 5.95 Å². The molecule has 1 aromatic heterocycles. The van der Waals surface area contributed by atoms with Gasteiger partial charge in [-0.05, 0) is 12.8 Å². The van der Waals surface area contributed by atoms with Crippen molar-refractivity contribution in [2.75, 3.05) is 11.9 Å². The van der Waals surface area contributed by atoms with Crippen LogP contribution in [-0.4, -0.2) is 16.1 Å². The molecule has 0 saturated heterocycles. The monoisotopic (exact) mass is 237 g/mol. The number of unbranched alkanes of at least 4 members (excludes halogenated alkanes) is 5. The molecule has 0 radical (unpaired) electrons. The lowest BCUT2D eigenvalue weighted by molar-refractivity contribution is 0.560. The maximum absolute atomic E-state index is 4.33. The molecule has 98 valence electrons. The van der Waals surface area contributed by atoms with Gasteiger partial charge in [0.2, 0.25) is 5.95 Å². The maximum atomic E-state index is 4.33. The van der Waals surface area contributed by atoms with Crippen LogP contribution < -0.4 is 5.32 Å². The molecule has 17 heavy (non-hydrogen) atoms. The Labute approximate surface area is 106 Å². The second-order valence-electron chi connectivity index (χ2n) is 4.64. The van der Waals surface area contributed by atoms with Crippen LogP contribution in [0.3, 0.4) is 0 Å². The molecule has 0 fully saturated rings. The molecule has 0 amide bonds. The SMILES string of the molecule is CCCCCCCCn1ccnc1NCCC. The molecule has 0 aromatic carbocycles. The van der Waals surface area contributed by atoms with Gasteiger partial charge in [-0.2, -0.15) is 0 Å². The highest BCUT2D eigenvalue weighted by atomic mass is 15.2. The lowest BCUT2D eigenvalue weighted by Gasteiger charge is -2.08. The van der Waals surface area contributed by atoms with Gasteiger partial charge in [0.15, 0.2) is 0 Å². The van der Waals surface area contributed by atoms with E-state index in [-0.39, 0.29) is 0 Å². The number of aromatic nitrogens is 2. The Hall–Kier alpha value is -0.990. The molecule has 0 aliphatic heterocycles. The average Bonchev–Trinajstić information content (AvgIpc) is 2.78. The van der Waals surface area contributed by atoms with Gasteiger partial charge in [-0.15, -0.1) is 0 Å². The van der Waals surface area contributed by atoms with Gasteiger partial charge in [0.05, 0.1) is 0 Å². The molecule has 0 atom stereocenters.